The molecule has 0 bridgehead atoms. The summed E-state index contributed by atoms with van der Waals surface area (Å²) in [7, 11) is 0. The van der Waals surface area contributed by atoms with Gasteiger partial charge in [0.05, 0.1) is 36.0 Å². The van der Waals surface area contributed by atoms with Gasteiger partial charge in [0.1, 0.15) is 0 Å². The Morgan fingerprint density at radius 3 is 2.76 bits per heavy atom. The minimum absolute atomic E-state index is 0.284. The zero-order valence-corrected chi connectivity index (χ0v) is 13.7. The van der Waals surface area contributed by atoms with Crippen LogP contribution in [0.3, 0.4) is 0 Å². The number of anilines is 1. The fourth-order valence-electron chi connectivity index (χ4n) is 2.93. The van der Waals surface area contributed by atoms with Crippen LogP contribution in [0.2, 0.25) is 0 Å². The first-order chi connectivity index (χ1) is 12.3. The lowest BCUT2D eigenvalue weighted by atomic mass is 10.1. The molecule has 1 saturated heterocycles. The predicted molar refractivity (Wildman–Crippen MR) is 92.7 cm³/mol. The third-order valence-electron chi connectivity index (χ3n) is 4.29. The van der Waals surface area contributed by atoms with Gasteiger partial charge in [0, 0.05) is 0 Å². The van der Waals surface area contributed by atoms with E-state index in [2.05, 4.69) is 26.0 Å². The molecule has 0 aliphatic carbocycles. The molecule has 3 aromatic rings. The molecule has 0 radical (unpaired) electrons. The average Bonchev–Trinajstić information content (AvgIpc) is 3.33. The zero-order chi connectivity index (χ0) is 17.1. The van der Waals surface area contributed by atoms with Crippen molar-refractivity contribution in [1.29, 1.82) is 0 Å². The van der Waals surface area contributed by atoms with Crippen molar-refractivity contribution in [2.24, 2.45) is 0 Å². The molecule has 1 aliphatic rings. The van der Waals surface area contributed by atoms with E-state index >= 15 is 0 Å². The van der Waals surface area contributed by atoms with E-state index in [1.807, 2.05) is 30.3 Å². The quantitative estimate of drug-likeness (QED) is 0.755. The van der Waals surface area contributed by atoms with Crippen LogP contribution in [0.4, 0.5) is 5.69 Å². The number of hydrogen-bond acceptors (Lipinski definition) is 5. The first kappa shape index (κ1) is 15.5. The molecule has 25 heavy (non-hydrogen) atoms. The Bertz CT molecular complexity index is 849. The molecule has 4 rings (SSSR count). The smallest absolute Gasteiger partial charge is 0.277 e. The number of rotatable bonds is 4. The standard InChI is InChI=1S/C17H19N7O/c25-17(16-12-24(22-21-16)15-6-8-18-9-7-15)20-13-10-19-23(11-13)14-4-2-1-3-5-14/h1-5,10-12,15,18H,6-9H2,(H,20,25). The number of piperidine rings is 1. The third-order valence-corrected chi connectivity index (χ3v) is 4.29. The normalized spacial score (nSPS) is 15.2. The highest BCUT2D eigenvalue weighted by Gasteiger charge is 2.19. The van der Waals surface area contributed by atoms with Gasteiger partial charge in [0.25, 0.3) is 5.91 Å². The van der Waals surface area contributed by atoms with Crippen molar-refractivity contribution >= 4 is 11.6 Å². The Hall–Kier alpha value is -3.00. The van der Waals surface area contributed by atoms with Gasteiger partial charge in [-0.15, -0.1) is 5.10 Å². The van der Waals surface area contributed by atoms with Crippen LogP contribution in [0.5, 0.6) is 0 Å². The molecule has 3 heterocycles. The van der Waals surface area contributed by atoms with E-state index in [0.717, 1.165) is 31.6 Å². The SMILES string of the molecule is O=C(Nc1cnn(-c2ccccc2)c1)c1cn(C2CCNCC2)nn1. The van der Waals surface area contributed by atoms with Crippen molar-refractivity contribution in [3.63, 3.8) is 0 Å². The van der Waals surface area contributed by atoms with Crippen LogP contribution >= 0.6 is 0 Å². The van der Waals surface area contributed by atoms with Gasteiger partial charge >= 0.3 is 0 Å². The zero-order valence-electron chi connectivity index (χ0n) is 13.7. The molecule has 2 aromatic heterocycles. The molecular formula is C17H19N7O. The molecule has 2 N–H and O–H groups in total. The number of carbonyl (C=O) groups is 1. The monoisotopic (exact) mass is 337 g/mol. The maximum atomic E-state index is 12.4. The molecule has 0 saturated carbocycles. The number of amides is 1. The van der Waals surface area contributed by atoms with Gasteiger partial charge in [0.2, 0.25) is 0 Å². The summed E-state index contributed by atoms with van der Waals surface area (Å²) in [6, 6.07) is 10.0. The van der Waals surface area contributed by atoms with Gasteiger partial charge < -0.3 is 10.6 Å². The van der Waals surface area contributed by atoms with Crippen molar-refractivity contribution in [3.05, 3.63) is 54.6 Å². The Morgan fingerprint density at radius 1 is 1.16 bits per heavy atom. The summed E-state index contributed by atoms with van der Waals surface area (Å²) in [5, 5.41) is 18.5. The third kappa shape index (κ3) is 3.43. The number of aromatic nitrogens is 5. The van der Waals surface area contributed by atoms with Crippen LogP contribution < -0.4 is 10.6 Å². The Morgan fingerprint density at radius 2 is 1.96 bits per heavy atom. The lowest BCUT2D eigenvalue weighted by Crippen LogP contribution is -2.29. The molecule has 1 aliphatic heterocycles. The minimum Gasteiger partial charge on any atom is -0.318 e. The van der Waals surface area contributed by atoms with Crippen molar-refractivity contribution in [2.75, 3.05) is 18.4 Å². The van der Waals surface area contributed by atoms with Crippen molar-refractivity contribution in [1.82, 2.24) is 30.1 Å². The molecule has 0 spiro atoms. The highest BCUT2D eigenvalue weighted by Crippen LogP contribution is 2.17. The summed E-state index contributed by atoms with van der Waals surface area (Å²) in [5.74, 6) is -0.284. The van der Waals surface area contributed by atoms with Gasteiger partial charge in [-0.1, -0.05) is 23.4 Å². The molecule has 1 fully saturated rings. The van der Waals surface area contributed by atoms with Crippen molar-refractivity contribution in [2.45, 2.75) is 18.9 Å². The van der Waals surface area contributed by atoms with Gasteiger partial charge in [-0.25, -0.2) is 9.36 Å². The summed E-state index contributed by atoms with van der Waals surface area (Å²) in [4.78, 5) is 12.4. The maximum absolute atomic E-state index is 12.4. The molecule has 8 heteroatoms. The Balaban J connectivity index is 1.44. The largest absolute Gasteiger partial charge is 0.318 e. The lowest BCUT2D eigenvalue weighted by molar-refractivity contribution is 0.102. The lowest BCUT2D eigenvalue weighted by Gasteiger charge is -2.22. The molecule has 8 nitrogen and oxygen atoms in total. The van der Waals surface area contributed by atoms with Crippen molar-refractivity contribution in [3.8, 4) is 5.69 Å². The summed E-state index contributed by atoms with van der Waals surface area (Å²) in [6.07, 6.45) is 7.09. The fourth-order valence-corrected chi connectivity index (χ4v) is 2.93. The molecule has 128 valence electrons. The molecule has 0 atom stereocenters. The maximum Gasteiger partial charge on any atom is 0.277 e. The Kier molecular flexibility index (Phi) is 4.26. The van der Waals surface area contributed by atoms with E-state index in [9.17, 15) is 4.79 Å². The molecule has 1 aromatic carbocycles. The van der Waals surface area contributed by atoms with E-state index in [1.54, 1.807) is 28.0 Å². The molecule has 1 amide bonds. The van der Waals surface area contributed by atoms with Gasteiger partial charge in [-0.05, 0) is 38.1 Å². The fraction of sp³-hybridized carbons (Fsp3) is 0.294. The number of benzene rings is 1. The first-order valence-electron chi connectivity index (χ1n) is 8.33. The van der Waals surface area contributed by atoms with E-state index in [4.69, 9.17) is 0 Å². The van der Waals surface area contributed by atoms with Crippen LogP contribution in [-0.2, 0) is 0 Å². The Labute approximate surface area is 144 Å². The number of para-hydroxylation sites is 1. The van der Waals surface area contributed by atoms with Crippen LogP contribution in [0.1, 0.15) is 29.4 Å². The topological polar surface area (TPSA) is 89.7 Å². The van der Waals surface area contributed by atoms with Gasteiger partial charge in [0.15, 0.2) is 5.69 Å². The van der Waals surface area contributed by atoms with Crippen LogP contribution in [0, 0.1) is 0 Å². The summed E-state index contributed by atoms with van der Waals surface area (Å²) >= 11 is 0. The minimum atomic E-state index is -0.284. The summed E-state index contributed by atoms with van der Waals surface area (Å²) < 4.78 is 3.50. The summed E-state index contributed by atoms with van der Waals surface area (Å²) in [5.41, 5.74) is 1.86. The molecular weight excluding hydrogens is 318 g/mol. The summed E-state index contributed by atoms with van der Waals surface area (Å²) in [6.45, 7) is 1.93. The van der Waals surface area contributed by atoms with E-state index < -0.39 is 0 Å². The second-order valence-electron chi connectivity index (χ2n) is 6.03. The second kappa shape index (κ2) is 6.86. The molecule has 0 unspecified atom stereocenters. The second-order valence-corrected chi connectivity index (χ2v) is 6.03. The number of carbonyl (C=O) groups excluding carboxylic acids is 1. The highest BCUT2D eigenvalue weighted by atomic mass is 16.2. The number of nitrogens with one attached hydrogen (secondary N) is 2. The van der Waals surface area contributed by atoms with E-state index in [1.165, 1.54) is 0 Å². The van der Waals surface area contributed by atoms with Gasteiger partial charge in [-0.2, -0.15) is 5.10 Å². The van der Waals surface area contributed by atoms with Crippen molar-refractivity contribution < 1.29 is 4.79 Å². The highest BCUT2D eigenvalue weighted by molar-refractivity contribution is 6.02. The van der Waals surface area contributed by atoms with E-state index in [-0.39, 0.29) is 5.91 Å². The van der Waals surface area contributed by atoms with Crippen LogP contribution in [0.15, 0.2) is 48.9 Å². The average molecular weight is 337 g/mol. The van der Waals surface area contributed by atoms with E-state index in [0.29, 0.717) is 17.4 Å². The van der Waals surface area contributed by atoms with Crippen LogP contribution in [0.25, 0.3) is 5.69 Å². The predicted octanol–water partition coefficient (Wildman–Crippen LogP) is 1.64. The van der Waals surface area contributed by atoms with Gasteiger partial charge in [-0.3, -0.25) is 4.79 Å². The van der Waals surface area contributed by atoms with Crippen LogP contribution in [-0.4, -0.2) is 43.8 Å². The first-order valence-corrected chi connectivity index (χ1v) is 8.33. The number of nitrogens with zero attached hydrogens (tertiary/aromatic N) is 5. The number of hydrogen-bond donors (Lipinski definition) is 2.